The summed E-state index contributed by atoms with van der Waals surface area (Å²) in [4.78, 5) is 0. The fourth-order valence-electron chi connectivity index (χ4n) is 2.45. The van der Waals surface area contributed by atoms with Crippen molar-refractivity contribution >= 4 is 24.1 Å². The maximum absolute atomic E-state index is 9.71. The van der Waals surface area contributed by atoms with Crippen LogP contribution in [-0.4, -0.2) is 40.2 Å². The largest absolute Gasteiger partial charge is 0.492 e. The molecular formula is C16H21BN2O3. The first-order valence-electron chi connectivity index (χ1n) is 7.42. The molecule has 1 saturated heterocycles. The van der Waals surface area contributed by atoms with Gasteiger partial charge in [0.15, 0.2) is 0 Å². The van der Waals surface area contributed by atoms with Gasteiger partial charge in [-0.25, -0.2) is 0 Å². The lowest BCUT2D eigenvalue weighted by molar-refractivity contribution is 0.00578. The molecule has 0 spiro atoms. The normalized spacial score (nSPS) is 20.8. The number of hydrogen-bond donors (Lipinski definition) is 2. The number of hydrogen-bond acceptors (Lipinski definition) is 4. The summed E-state index contributed by atoms with van der Waals surface area (Å²) in [5, 5.41) is 17.7. The Morgan fingerprint density at radius 3 is 2.59 bits per heavy atom. The van der Waals surface area contributed by atoms with Gasteiger partial charge in [-0.2, -0.15) is 5.10 Å². The van der Waals surface area contributed by atoms with Gasteiger partial charge in [-0.15, -0.1) is 0 Å². The van der Waals surface area contributed by atoms with Crippen LogP contribution in [0.25, 0.3) is 17.0 Å². The molecule has 116 valence electrons. The van der Waals surface area contributed by atoms with Crippen LogP contribution in [0.2, 0.25) is 0 Å². The maximum Gasteiger partial charge on any atom is 0.492 e. The van der Waals surface area contributed by atoms with E-state index in [1.165, 1.54) is 0 Å². The summed E-state index contributed by atoms with van der Waals surface area (Å²) in [6.07, 6.45) is 3.69. The Bertz CT molecular complexity index is 705. The van der Waals surface area contributed by atoms with E-state index in [4.69, 9.17) is 9.31 Å². The zero-order chi connectivity index (χ0) is 16.0. The Hall–Kier alpha value is -1.63. The number of rotatable bonds is 3. The topological polar surface area (TPSA) is 67.4 Å². The van der Waals surface area contributed by atoms with E-state index < -0.39 is 18.3 Å². The SMILES string of the molecule is CC1(C)OB(C(=Cc2ccc3[nH]ncc3c2)CO)OC1(C)C. The predicted molar refractivity (Wildman–Crippen MR) is 87.2 cm³/mol. The molecule has 0 bridgehead atoms. The van der Waals surface area contributed by atoms with Crippen LogP contribution in [0.3, 0.4) is 0 Å². The molecule has 0 amide bonds. The minimum absolute atomic E-state index is 0.111. The van der Waals surface area contributed by atoms with Gasteiger partial charge in [0.2, 0.25) is 0 Å². The monoisotopic (exact) mass is 300 g/mol. The average molecular weight is 300 g/mol. The van der Waals surface area contributed by atoms with Crippen molar-refractivity contribution in [3.8, 4) is 0 Å². The van der Waals surface area contributed by atoms with E-state index >= 15 is 0 Å². The number of nitrogens with zero attached hydrogens (tertiary/aromatic N) is 1. The number of nitrogens with one attached hydrogen (secondary N) is 1. The zero-order valence-electron chi connectivity index (χ0n) is 13.4. The van der Waals surface area contributed by atoms with Crippen molar-refractivity contribution in [2.24, 2.45) is 0 Å². The van der Waals surface area contributed by atoms with E-state index in [-0.39, 0.29) is 6.61 Å². The molecule has 0 radical (unpaired) electrons. The Morgan fingerprint density at radius 1 is 1.27 bits per heavy atom. The van der Waals surface area contributed by atoms with Gasteiger partial charge >= 0.3 is 7.12 Å². The molecule has 1 fully saturated rings. The van der Waals surface area contributed by atoms with Crippen LogP contribution in [0.4, 0.5) is 0 Å². The third-order valence-electron chi connectivity index (χ3n) is 4.55. The fourth-order valence-corrected chi connectivity index (χ4v) is 2.45. The summed E-state index contributed by atoms with van der Waals surface area (Å²) in [6, 6.07) is 5.95. The lowest BCUT2D eigenvalue weighted by Crippen LogP contribution is -2.41. The molecule has 1 aromatic heterocycles. The first-order valence-corrected chi connectivity index (χ1v) is 7.42. The third kappa shape index (κ3) is 2.58. The van der Waals surface area contributed by atoms with Gasteiger partial charge in [-0.3, -0.25) is 5.10 Å². The second kappa shape index (κ2) is 5.23. The highest BCUT2D eigenvalue weighted by Gasteiger charge is 2.52. The van der Waals surface area contributed by atoms with Crippen molar-refractivity contribution in [2.75, 3.05) is 6.61 Å². The van der Waals surface area contributed by atoms with Gasteiger partial charge < -0.3 is 14.4 Å². The van der Waals surface area contributed by atoms with Gasteiger partial charge in [0.25, 0.3) is 0 Å². The van der Waals surface area contributed by atoms with Crippen molar-refractivity contribution in [1.82, 2.24) is 10.2 Å². The van der Waals surface area contributed by atoms with Gasteiger partial charge in [0.05, 0.1) is 29.5 Å². The van der Waals surface area contributed by atoms with Crippen LogP contribution in [0.15, 0.2) is 29.9 Å². The van der Waals surface area contributed by atoms with Crippen molar-refractivity contribution in [2.45, 2.75) is 38.9 Å². The molecule has 3 rings (SSSR count). The number of fused-ring (bicyclic) bond motifs is 1. The zero-order valence-corrected chi connectivity index (χ0v) is 13.4. The Kier molecular flexibility index (Phi) is 3.63. The molecule has 5 nitrogen and oxygen atoms in total. The van der Waals surface area contributed by atoms with Crippen molar-refractivity contribution < 1.29 is 14.4 Å². The highest BCUT2D eigenvalue weighted by atomic mass is 16.7. The van der Waals surface area contributed by atoms with Gasteiger partial charge in [0, 0.05) is 5.39 Å². The van der Waals surface area contributed by atoms with Crippen LogP contribution < -0.4 is 0 Å². The fraction of sp³-hybridized carbons (Fsp3) is 0.438. The van der Waals surface area contributed by atoms with Crippen LogP contribution in [0.1, 0.15) is 33.3 Å². The summed E-state index contributed by atoms with van der Waals surface area (Å²) in [5.41, 5.74) is 1.84. The predicted octanol–water partition coefficient (Wildman–Crippen LogP) is 2.57. The minimum Gasteiger partial charge on any atom is -0.400 e. The van der Waals surface area contributed by atoms with Crippen molar-refractivity contribution in [3.05, 3.63) is 35.4 Å². The third-order valence-corrected chi connectivity index (χ3v) is 4.55. The van der Waals surface area contributed by atoms with Gasteiger partial charge in [-0.05, 0) is 50.9 Å². The van der Waals surface area contributed by atoms with E-state index in [2.05, 4.69) is 10.2 Å². The molecule has 0 unspecified atom stereocenters. The molecule has 6 heteroatoms. The first kappa shape index (κ1) is 15.3. The number of benzene rings is 1. The summed E-state index contributed by atoms with van der Waals surface area (Å²) >= 11 is 0. The van der Waals surface area contributed by atoms with Gasteiger partial charge in [0.1, 0.15) is 0 Å². The Morgan fingerprint density at radius 2 is 1.95 bits per heavy atom. The lowest BCUT2D eigenvalue weighted by Gasteiger charge is -2.32. The molecular weight excluding hydrogens is 279 g/mol. The molecule has 22 heavy (non-hydrogen) atoms. The molecule has 1 aliphatic heterocycles. The quantitative estimate of drug-likeness (QED) is 0.855. The second-order valence-electron chi connectivity index (χ2n) is 6.68. The second-order valence-corrected chi connectivity index (χ2v) is 6.68. The maximum atomic E-state index is 9.71. The van der Waals surface area contributed by atoms with Crippen molar-refractivity contribution in [3.63, 3.8) is 0 Å². The van der Waals surface area contributed by atoms with Gasteiger partial charge in [-0.1, -0.05) is 12.1 Å². The molecule has 2 N–H and O–H groups in total. The number of H-pyrrole nitrogens is 1. The molecule has 1 aromatic carbocycles. The standard InChI is InChI=1S/C16H21BN2O3/c1-15(2)16(3,4)22-17(21-15)13(10-20)8-11-5-6-14-12(7-11)9-18-19-14/h5-9,20H,10H2,1-4H3,(H,18,19). The van der Waals surface area contributed by atoms with E-state index in [9.17, 15) is 5.11 Å². The van der Waals surface area contributed by atoms with Crippen LogP contribution in [-0.2, 0) is 9.31 Å². The lowest BCUT2D eigenvalue weighted by atomic mass is 9.77. The average Bonchev–Trinajstić information content (AvgIpc) is 2.98. The van der Waals surface area contributed by atoms with Crippen LogP contribution in [0.5, 0.6) is 0 Å². The molecule has 1 aliphatic rings. The number of aromatic nitrogens is 2. The van der Waals surface area contributed by atoms with Crippen LogP contribution in [0, 0.1) is 0 Å². The summed E-state index contributed by atoms with van der Waals surface area (Å²) in [5.74, 6) is 0. The Balaban J connectivity index is 1.90. The number of aliphatic hydroxyl groups is 1. The summed E-state index contributed by atoms with van der Waals surface area (Å²) in [6.45, 7) is 7.89. The Labute approximate surface area is 130 Å². The van der Waals surface area contributed by atoms with E-state index in [0.29, 0.717) is 5.47 Å². The molecule has 0 aliphatic carbocycles. The number of aliphatic hydroxyl groups excluding tert-OH is 1. The van der Waals surface area contributed by atoms with E-state index in [1.807, 2.05) is 52.0 Å². The van der Waals surface area contributed by atoms with Crippen molar-refractivity contribution in [1.29, 1.82) is 0 Å². The molecule has 2 aromatic rings. The highest BCUT2D eigenvalue weighted by molar-refractivity contribution is 6.55. The van der Waals surface area contributed by atoms with E-state index in [1.54, 1.807) is 6.20 Å². The molecule has 0 saturated carbocycles. The highest BCUT2D eigenvalue weighted by Crippen LogP contribution is 2.38. The molecule has 0 atom stereocenters. The van der Waals surface area contributed by atoms with E-state index in [0.717, 1.165) is 16.5 Å². The number of aromatic amines is 1. The first-order chi connectivity index (χ1) is 10.3. The smallest absolute Gasteiger partial charge is 0.400 e. The van der Waals surface area contributed by atoms with Crippen LogP contribution >= 0.6 is 0 Å². The summed E-state index contributed by atoms with van der Waals surface area (Å²) < 4.78 is 12.0. The molecule has 2 heterocycles. The minimum atomic E-state index is -0.532. The summed E-state index contributed by atoms with van der Waals surface area (Å²) in [7, 11) is -0.532.